The number of hydrogen-bond donors (Lipinski definition) is 0. The standard InChI is InChI=1S/C24H32N2O4S/c1-5-13-25(17-21-11-9-18(2)10-12-21)24(27)22-7-6-8-23(14-22)31(28,29)26-15-19(3)30-20(4)16-26/h6-12,14,19-20H,5,13,15-17H2,1-4H3/t19-,20+. The summed E-state index contributed by atoms with van der Waals surface area (Å²) in [5.41, 5.74) is 2.60. The van der Waals surface area contributed by atoms with Crippen LogP contribution >= 0.6 is 0 Å². The van der Waals surface area contributed by atoms with Crippen molar-refractivity contribution in [1.29, 1.82) is 0 Å². The lowest BCUT2D eigenvalue weighted by molar-refractivity contribution is -0.0440. The lowest BCUT2D eigenvalue weighted by Gasteiger charge is -2.34. The van der Waals surface area contributed by atoms with E-state index in [0.29, 0.717) is 31.7 Å². The van der Waals surface area contributed by atoms with Gasteiger partial charge >= 0.3 is 0 Å². The van der Waals surface area contributed by atoms with Crippen LogP contribution in [0.25, 0.3) is 0 Å². The largest absolute Gasteiger partial charge is 0.373 e. The molecule has 0 unspecified atom stereocenters. The SMILES string of the molecule is CCCN(Cc1ccc(C)cc1)C(=O)c1cccc(S(=O)(=O)N2C[C@@H](C)O[C@@H](C)C2)c1. The lowest BCUT2D eigenvalue weighted by atomic mass is 10.1. The van der Waals surface area contributed by atoms with Gasteiger partial charge in [-0.3, -0.25) is 4.79 Å². The average molecular weight is 445 g/mol. The Labute approximate surface area is 185 Å². The molecule has 31 heavy (non-hydrogen) atoms. The molecule has 1 amide bonds. The normalized spacial score (nSPS) is 19.9. The van der Waals surface area contributed by atoms with Crippen molar-refractivity contribution >= 4 is 15.9 Å². The third-order valence-electron chi connectivity index (χ3n) is 5.38. The minimum absolute atomic E-state index is 0.145. The zero-order valence-electron chi connectivity index (χ0n) is 18.7. The van der Waals surface area contributed by atoms with Crippen LogP contribution in [0.3, 0.4) is 0 Å². The van der Waals surface area contributed by atoms with Crippen molar-refractivity contribution in [3.05, 3.63) is 65.2 Å². The maximum absolute atomic E-state index is 13.3. The molecular weight excluding hydrogens is 412 g/mol. The molecule has 2 aromatic rings. The van der Waals surface area contributed by atoms with Crippen molar-refractivity contribution in [3.8, 4) is 0 Å². The van der Waals surface area contributed by atoms with Gasteiger partial charge in [0.15, 0.2) is 0 Å². The average Bonchev–Trinajstić information content (AvgIpc) is 2.74. The Balaban J connectivity index is 1.84. The fraction of sp³-hybridized carbons (Fsp3) is 0.458. The van der Waals surface area contributed by atoms with E-state index in [9.17, 15) is 13.2 Å². The number of carbonyl (C=O) groups is 1. The van der Waals surface area contributed by atoms with Gasteiger partial charge in [0, 0.05) is 31.7 Å². The first-order valence-electron chi connectivity index (χ1n) is 10.8. The van der Waals surface area contributed by atoms with Crippen molar-refractivity contribution < 1.29 is 17.9 Å². The van der Waals surface area contributed by atoms with E-state index in [4.69, 9.17) is 4.74 Å². The summed E-state index contributed by atoms with van der Waals surface area (Å²) < 4.78 is 33.5. The van der Waals surface area contributed by atoms with Crippen LogP contribution in [-0.4, -0.2) is 55.4 Å². The lowest BCUT2D eigenvalue weighted by Crippen LogP contribution is -2.48. The Morgan fingerprint density at radius 2 is 1.74 bits per heavy atom. The molecule has 0 aromatic heterocycles. The topological polar surface area (TPSA) is 66.9 Å². The third-order valence-corrected chi connectivity index (χ3v) is 7.21. The van der Waals surface area contributed by atoms with Crippen molar-refractivity contribution in [2.75, 3.05) is 19.6 Å². The minimum Gasteiger partial charge on any atom is -0.373 e. The molecule has 7 heteroatoms. The van der Waals surface area contributed by atoms with Crippen LogP contribution in [0, 0.1) is 6.92 Å². The van der Waals surface area contributed by atoms with E-state index in [1.807, 2.05) is 52.0 Å². The molecule has 1 saturated heterocycles. The summed E-state index contributed by atoms with van der Waals surface area (Å²) in [7, 11) is -3.70. The first-order chi connectivity index (χ1) is 14.7. The maximum Gasteiger partial charge on any atom is 0.254 e. The van der Waals surface area contributed by atoms with Crippen LogP contribution in [-0.2, 0) is 21.3 Å². The van der Waals surface area contributed by atoms with Crippen molar-refractivity contribution in [2.45, 2.75) is 57.8 Å². The van der Waals surface area contributed by atoms with Gasteiger partial charge in [-0.1, -0.05) is 42.8 Å². The zero-order valence-corrected chi connectivity index (χ0v) is 19.6. The molecule has 0 spiro atoms. The number of rotatable bonds is 7. The molecule has 1 fully saturated rings. The predicted molar refractivity (Wildman–Crippen MR) is 121 cm³/mol. The van der Waals surface area contributed by atoms with Crippen molar-refractivity contribution in [2.24, 2.45) is 0 Å². The van der Waals surface area contributed by atoms with E-state index in [1.54, 1.807) is 23.1 Å². The first-order valence-corrected chi connectivity index (χ1v) is 12.2. The summed E-state index contributed by atoms with van der Waals surface area (Å²) in [6.07, 6.45) is 0.481. The summed E-state index contributed by atoms with van der Waals surface area (Å²) >= 11 is 0. The van der Waals surface area contributed by atoms with Crippen LogP contribution in [0.4, 0.5) is 0 Å². The molecule has 2 aromatic carbocycles. The van der Waals surface area contributed by atoms with Crippen LogP contribution in [0.2, 0.25) is 0 Å². The highest BCUT2D eigenvalue weighted by Crippen LogP contribution is 2.23. The van der Waals surface area contributed by atoms with Crippen molar-refractivity contribution in [1.82, 2.24) is 9.21 Å². The molecule has 0 radical (unpaired) electrons. The molecule has 2 atom stereocenters. The molecule has 168 valence electrons. The number of carbonyl (C=O) groups excluding carboxylic acids is 1. The molecule has 0 N–H and O–H groups in total. The number of ether oxygens (including phenoxy) is 1. The smallest absolute Gasteiger partial charge is 0.254 e. The molecule has 0 bridgehead atoms. The van der Waals surface area contributed by atoms with E-state index in [0.717, 1.165) is 12.0 Å². The summed E-state index contributed by atoms with van der Waals surface area (Å²) in [5.74, 6) is -0.164. The molecule has 1 heterocycles. The molecule has 0 aliphatic carbocycles. The second kappa shape index (κ2) is 9.94. The number of morpholine rings is 1. The minimum atomic E-state index is -3.70. The number of amides is 1. The van der Waals surface area contributed by atoms with E-state index < -0.39 is 10.0 Å². The summed E-state index contributed by atoms with van der Waals surface area (Å²) in [5, 5.41) is 0. The zero-order chi connectivity index (χ0) is 22.6. The van der Waals surface area contributed by atoms with Gasteiger partial charge in [-0.25, -0.2) is 8.42 Å². The van der Waals surface area contributed by atoms with Crippen LogP contribution < -0.4 is 0 Å². The van der Waals surface area contributed by atoms with Crippen LogP contribution in [0.1, 0.15) is 48.7 Å². The molecule has 1 aliphatic heterocycles. The van der Waals surface area contributed by atoms with Gasteiger partial charge in [0.05, 0.1) is 17.1 Å². The molecule has 6 nitrogen and oxygen atoms in total. The highest BCUT2D eigenvalue weighted by Gasteiger charge is 2.32. The first kappa shape index (κ1) is 23.4. The molecular formula is C24H32N2O4S. The summed E-state index contributed by atoms with van der Waals surface area (Å²) in [6.45, 7) is 9.49. The summed E-state index contributed by atoms with van der Waals surface area (Å²) in [6, 6.07) is 14.5. The van der Waals surface area contributed by atoms with Gasteiger partial charge < -0.3 is 9.64 Å². The highest BCUT2D eigenvalue weighted by molar-refractivity contribution is 7.89. The van der Waals surface area contributed by atoms with Gasteiger partial charge in [0.1, 0.15) is 0 Å². The molecule has 1 aliphatic rings. The van der Waals surface area contributed by atoms with Crippen LogP contribution in [0.15, 0.2) is 53.4 Å². The second-order valence-electron chi connectivity index (χ2n) is 8.32. The van der Waals surface area contributed by atoms with Gasteiger partial charge in [-0.05, 0) is 51.0 Å². The van der Waals surface area contributed by atoms with E-state index >= 15 is 0 Å². The van der Waals surface area contributed by atoms with Crippen LogP contribution in [0.5, 0.6) is 0 Å². The molecule has 3 rings (SSSR count). The van der Waals surface area contributed by atoms with Gasteiger partial charge in [0.2, 0.25) is 10.0 Å². The predicted octanol–water partition coefficient (Wildman–Crippen LogP) is 3.85. The maximum atomic E-state index is 13.3. The third kappa shape index (κ3) is 5.73. The van der Waals surface area contributed by atoms with E-state index in [2.05, 4.69) is 0 Å². The quantitative estimate of drug-likeness (QED) is 0.651. The number of hydrogen-bond acceptors (Lipinski definition) is 4. The Bertz CT molecular complexity index is 994. The second-order valence-corrected chi connectivity index (χ2v) is 10.3. The Hall–Kier alpha value is -2.22. The fourth-order valence-corrected chi connectivity index (χ4v) is 5.52. The highest BCUT2D eigenvalue weighted by atomic mass is 32.2. The number of sulfonamides is 1. The summed E-state index contributed by atoms with van der Waals surface area (Å²) in [4.78, 5) is 15.2. The van der Waals surface area contributed by atoms with E-state index in [-0.39, 0.29) is 23.0 Å². The number of benzene rings is 2. The fourth-order valence-electron chi connectivity index (χ4n) is 3.88. The van der Waals surface area contributed by atoms with Crippen molar-refractivity contribution in [3.63, 3.8) is 0 Å². The van der Waals surface area contributed by atoms with Gasteiger partial charge in [-0.2, -0.15) is 4.31 Å². The van der Waals surface area contributed by atoms with Gasteiger partial charge in [-0.15, -0.1) is 0 Å². The number of nitrogens with zero attached hydrogens (tertiary/aromatic N) is 2. The Morgan fingerprint density at radius 1 is 1.10 bits per heavy atom. The number of aryl methyl sites for hydroxylation is 1. The Kier molecular flexibility index (Phi) is 7.51. The molecule has 0 saturated carbocycles. The monoisotopic (exact) mass is 444 g/mol. The van der Waals surface area contributed by atoms with Gasteiger partial charge in [0.25, 0.3) is 5.91 Å². The Morgan fingerprint density at radius 3 is 2.35 bits per heavy atom. The van der Waals surface area contributed by atoms with E-state index in [1.165, 1.54) is 15.9 Å².